The van der Waals surface area contributed by atoms with Gasteiger partial charge in [0, 0.05) is 18.8 Å². The Morgan fingerprint density at radius 3 is 1.58 bits per heavy atom. The van der Waals surface area contributed by atoms with E-state index in [9.17, 15) is 48.6 Å². The zero-order valence-corrected chi connectivity index (χ0v) is 32.7. The second-order valence-corrected chi connectivity index (χ2v) is 13.1. The van der Waals surface area contributed by atoms with Crippen LogP contribution in [0.2, 0.25) is 0 Å². The smallest absolute Gasteiger partial charge is 0.326 e. The number of aliphatic imine (C=N–C) groups is 2. The molecule has 0 fully saturated rings. The minimum atomic E-state index is -1.70. The number of nitrogens with two attached hydrogens (primary N) is 7. The average Bonchev–Trinajstić information content (AvgIpc) is 3.13. The lowest BCUT2D eigenvalue weighted by atomic mass is 10.0. The van der Waals surface area contributed by atoms with Crippen LogP contribution >= 0.6 is 12.6 Å². The Hall–Kier alpha value is -5.47. The van der Waals surface area contributed by atoms with Gasteiger partial charge in [0.15, 0.2) is 11.9 Å². The lowest BCUT2D eigenvalue weighted by Crippen LogP contribution is -2.61. The van der Waals surface area contributed by atoms with Crippen LogP contribution in [0.4, 0.5) is 0 Å². The van der Waals surface area contributed by atoms with E-state index in [1.165, 1.54) is 6.92 Å². The number of rotatable bonds is 29. The Labute approximate surface area is 334 Å². The summed E-state index contributed by atoms with van der Waals surface area (Å²) >= 11 is 3.90. The normalized spacial score (nSPS) is 14.4. The van der Waals surface area contributed by atoms with Gasteiger partial charge in [0.1, 0.15) is 30.2 Å². The van der Waals surface area contributed by atoms with Crippen molar-refractivity contribution in [2.24, 2.45) is 50.1 Å². The molecule has 26 heteroatoms. The SMILES string of the molecule is C[C@@H](O)[C@H](NC(=O)[C@H](CCCN=C(N)N)NC(=O)[C@H](CCCCN)NC(=O)[C@H](CC(N)=O)NC(=O)CNC(=O)[C@@H](N)CS)C(=O)N[C@@H](CCCN=C(N)N)C(=O)O. The van der Waals surface area contributed by atoms with Crippen molar-refractivity contribution < 1.29 is 48.6 Å². The number of carbonyl (C=O) groups excluding carboxylic acids is 7. The van der Waals surface area contributed by atoms with Gasteiger partial charge in [-0.1, -0.05) is 0 Å². The van der Waals surface area contributed by atoms with Crippen molar-refractivity contribution in [2.75, 3.05) is 31.9 Å². The third-order valence-corrected chi connectivity index (χ3v) is 8.19. The zero-order chi connectivity index (χ0) is 43.7. The lowest BCUT2D eigenvalue weighted by Gasteiger charge is -2.27. The number of hydrogen-bond donors (Lipinski definition) is 16. The molecule has 0 rings (SSSR count). The monoisotopic (exact) mass is 833 g/mol. The molecule has 0 saturated carbocycles. The predicted octanol–water partition coefficient (Wildman–Crippen LogP) is -7.64. The van der Waals surface area contributed by atoms with Gasteiger partial charge in [0.05, 0.1) is 25.1 Å². The number of aliphatic hydroxyl groups is 1. The highest BCUT2D eigenvalue weighted by Crippen LogP contribution is 2.08. The maximum Gasteiger partial charge on any atom is 0.326 e. The highest BCUT2D eigenvalue weighted by atomic mass is 32.1. The van der Waals surface area contributed by atoms with E-state index < -0.39 is 103 Å². The summed E-state index contributed by atoms with van der Waals surface area (Å²) in [7, 11) is 0. The molecule has 7 atom stereocenters. The molecule has 0 aromatic heterocycles. The standard InChI is InChI=1S/C31H59N15O10S/c1-15(47)23(28(54)45-19(29(55)56)8-5-11-40-31(37)38)46-26(52)18(7-4-10-39-30(35)36)43-25(51)17(6-2-3-9-32)44-27(53)20(12-21(34)48)42-22(49)13-41-24(50)16(33)14-57/h15-20,23,47,57H,2-14,32-33H2,1H3,(H2,34,48)(H,41,50)(H,42,49)(H,43,51)(H,44,53)(H,45,54)(H,46,52)(H,55,56)(H4,35,36,39)(H4,37,38,40)/t15-,16+,17+,18+,19+,20+,23+/m1/s1. The molecule has 0 aliphatic carbocycles. The number of guanidine groups is 2. The number of aliphatic hydroxyl groups excluding tert-OH is 1. The minimum absolute atomic E-state index is 0.00857. The first-order valence-electron chi connectivity index (χ1n) is 17.9. The molecule has 324 valence electrons. The molecule has 0 radical (unpaired) electrons. The summed E-state index contributed by atoms with van der Waals surface area (Å²) in [5.41, 5.74) is 37.8. The van der Waals surface area contributed by atoms with E-state index in [1.54, 1.807) is 0 Å². The van der Waals surface area contributed by atoms with E-state index in [-0.39, 0.29) is 69.4 Å². The van der Waals surface area contributed by atoms with Crippen LogP contribution in [0.5, 0.6) is 0 Å². The summed E-state index contributed by atoms with van der Waals surface area (Å²) in [6.45, 7) is 0.847. The van der Waals surface area contributed by atoms with Crippen LogP contribution in [0, 0.1) is 0 Å². The van der Waals surface area contributed by atoms with Crippen molar-refractivity contribution in [3.63, 3.8) is 0 Å². The number of carboxylic acid groups (broad SMARTS) is 1. The molecule has 22 N–H and O–H groups in total. The number of carbonyl (C=O) groups is 8. The molecule has 0 spiro atoms. The topological polar surface area (TPSA) is 456 Å². The molecule has 0 aliphatic rings. The van der Waals surface area contributed by atoms with Crippen molar-refractivity contribution in [1.29, 1.82) is 0 Å². The molecule has 0 aromatic carbocycles. The van der Waals surface area contributed by atoms with Gasteiger partial charge < -0.3 is 82.2 Å². The fraction of sp³-hybridized carbons (Fsp3) is 0.677. The maximum atomic E-state index is 13.7. The fourth-order valence-electron chi connectivity index (χ4n) is 4.80. The van der Waals surface area contributed by atoms with Crippen LogP contribution < -0.4 is 72.0 Å². The number of aliphatic carboxylic acids is 1. The van der Waals surface area contributed by atoms with E-state index >= 15 is 0 Å². The van der Waals surface area contributed by atoms with Crippen molar-refractivity contribution in [2.45, 2.75) is 101 Å². The number of amides is 7. The number of unbranched alkanes of at least 4 members (excludes halogenated alkanes) is 1. The van der Waals surface area contributed by atoms with Gasteiger partial charge in [0.25, 0.3) is 0 Å². The van der Waals surface area contributed by atoms with E-state index in [2.05, 4.69) is 54.5 Å². The number of thiol groups is 1. The van der Waals surface area contributed by atoms with Crippen LogP contribution in [-0.4, -0.2) is 144 Å². The first-order valence-corrected chi connectivity index (χ1v) is 18.5. The first kappa shape index (κ1) is 51.5. The first-order chi connectivity index (χ1) is 26.7. The van der Waals surface area contributed by atoms with Gasteiger partial charge in [-0.25, -0.2) is 4.79 Å². The molecule has 7 amide bonds. The summed E-state index contributed by atoms with van der Waals surface area (Å²) in [6.07, 6.45) is -1.57. The molecule has 0 saturated heterocycles. The van der Waals surface area contributed by atoms with Crippen molar-refractivity contribution in [3.8, 4) is 0 Å². The number of nitrogens with zero attached hydrogens (tertiary/aromatic N) is 2. The number of hydrogen-bond acceptors (Lipinski definition) is 14. The molecule has 25 nitrogen and oxygen atoms in total. The van der Waals surface area contributed by atoms with Crippen LogP contribution in [0.25, 0.3) is 0 Å². The number of primary amides is 1. The van der Waals surface area contributed by atoms with E-state index in [4.69, 9.17) is 40.1 Å². The zero-order valence-electron chi connectivity index (χ0n) is 31.8. The van der Waals surface area contributed by atoms with Gasteiger partial charge in [-0.05, 0) is 58.4 Å². The van der Waals surface area contributed by atoms with Gasteiger partial charge in [-0.2, -0.15) is 12.6 Å². The summed E-state index contributed by atoms with van der Waals surface area (Å²) in [5.74, 6) is -8.44. The summed E-state index contributed by atoms with van der Waals surface area (Å²) < 4.78 is 0. The molecular weight excluding hydrogens is 775 g/mol. The minimum Gasteiger partial charge on any atom is -0.480 e. The van der Waals surface area contributed by atoms with E-state index in [0.29, 0.717) is 12.8 Å². The number of carboxylic acids is 1. The Morgan fingerprint density at radius 2 is 1.12 bits per heavy atom. The third-order valence-electron chi connectivity index (χ3n) is 7.79. The summed E-state index contributed by atoms with van der Waals surface area (Å²) in [6, 6.07) is -8.60. The van der Waals surface area contributed by atoms with E-state index in [1.807, 2.05) is 0 Å². The van der Waals surface area contributed by atoms with Crippen LogP contribution in [-0.2, 0) is 38.4 Å². The largest absolute Gasteiger partial charge is 0.480 e. The molecule has 0 bridgehead atoms. The molecule has 0 unspecified atom stereocenters. The van der Waals surface area contributed by atoms with Crippen molar-refractivity contribution in [1.82, 2.24) is 31.9 Å². The summed E-state index contributed by atoms with van der Waals surface area (Å²) in [5, 5.41) is 34.1. The van der Waals surface area contributed by atoms with Gasteiger partial charge >= 0.3 is 5.97 Å². The molecule has 0 heterocycles. The second-order valence-electron chi connectivity index (χ2n) is 12.7. The van der Waals surface area contributed by atoms with Crippen LogP contribution in [0.1, 0.15) is 58.3 Å². The molecule has 0 aliphatic heterocycles. The molecular formula is C31H59N15O10S. The third kappa shape index (κ3) is 22.6. The number of nitrogens with one attached hydrogen (secondary N) is 6. The van der Waals surface area contributed by atoms with Crippen molar-refractivity contribution >= 4 is 71.9 Å². The molecule has 0 aromatic rings. The maximum absolute atomic E-state index is 13.7. The highest BCUT2D eigenvalue weighted by Gasteiger charge is 2.34. The van der Waals surface area contributed by atoms with Gasteiger partial charge in [0.2, 0.25) is 41.4 Å². The van der Waals surface area contributed by atoms with Crippen LogP contribution in [0.15, 0.2) is 9.98 Å². The Bertz CT molecular complexity index is 1430. The lowest BCUT2D eigenvalue weighted by molar-refractivity contribution is -0.143. The van der Waals surface area contributed by atoms with E-state index in [0.717, 1.165) is 0 Å². The molecule has 57 heavy (non-hydrogen) atoms. The fourth-order valence-corrected chi connectivity index (χ4v) is 4.96. The Kier molecular flexibility index (Phi) is 25.3. The van der Waals surface area contributed by atoms with Gasteiger partial charge in [-0.3, -0.25) is 43.5 Å². The Balaban J connectivity index is 6.27. The predicted molar refractivity (Wildman–Crippen MR) is 210 cm³/mol. The van der Waals surface area contributed by atoms with Crippen molar-refractivity contribution in [3.05, 3.63) is 0 Å². The second kappa shape index (κ2) is 28.0. The Morgan fingerprint density at radius 1 is 0.649 bits per heavy atom. The van der Waals surface area contributed by atoms with Gasteiger partial charge in [-0.15, -0.1) is 0 Å². The average molecular weight is 834 g/mol. The van der Waals surface area contributed by atoms with Crippen LogP contribution in [0.3, 0.4) is 0 Å². The summed E-state index contributed by atoms with van der Waals surface area (Å²) in [4.78, 5) is 110. The highest BCUT2D eigenvalue weighted by molar-refractivity contribution is 7.80. The quantitative estimate of drug-likeness (QED) is 0.0144.